The number of carbonyl (C=O) groups is 3. The summed E-state index contributed by atoms with van der Waals surface area (Å²) in [5, 5.41) is 8.68. The summed E-state index contributed by atoms with van der Waals surface area (Å²) >= 11 is 0. The first-order valence-corrected chi connectivity index (χ1v) is 13.0. The van der Waals surface area contributed by atoms with E-state index in [2.05, 4.69) is 16.0 Å². The maximum absolute atomic E-state index is 14.1. The number of hydrogen-bond donors (Lipinski definition) is 3. The second-order valence-electron chi connectivity index (χ2n) is 10.1. The van der Waals surface area contributed by atoms with Crippen molar-refractivity contribution in [1.29, 1.82) is 0 Å². The molecule has 1 aliphatic carbocycles. The molecule has 2 saturated heterocycles. The summed E-state index contributed by atoms with van der Waals surface area (Å²) in [5.41, 5.74) is 0. The molecular weight excluding hydrogens is 465 g/mol. The van der Waals surface area contributed by atoms with Gasteiger partial charge in [0.15, 0.2) is 0 Å². The molecule has 0 radical (unpaired) electrons. The van der Waals surface area contributed by atoms with Crippen molar-refractivity contribution in [3.63, 3.8) is 0 Å². The molecule has 2 heterocycles. The summed E-state index contributed by atoms with van der Waals surface area (Å²) in [6.45, 7) is 2.56. The summed E-state index contributed by atoms with van der Waals surface area (Å²) in [5.74, 6) is -0.116. The Morgan fingerprint density at radius 3 is 2.36 bits per heavy atom. The third kappa shape index (κ3) is 5.43. The quantitative estimate of drug-likeness (QED) is 0.527. The highest BCUT2D eigenvalue weighted by Crippen LogP contribution is 2.36. The lowest BCUT2D eigenvalue weighted by molar-refractivity contribution is -0.140. The van der Waals surface area contributed by atoms with E-state index in [0.29, 0.717) is 25.3 Å². The Labute approximate surface area is 212 Å². The standard InChI is InChI=1S/C26H38FN5O4/c1-16(28-2)24(33)30-22(17-7-5-4-6-8-17)25(34)31-14-13-20-23(31)21(15-32(20)26(35)29-3)36-19-11-9-18(27)10-12-19/h9-12,16-17,20-23,28H,4-8,13-15H2,1-3H3,(H,29,35)(H,30,33). The summed E-state index contributed by atoms with van der Waals surface area (Å²) in [4.78, 5) is 43.1. The van der Waals surface area contributed by atoms with E-state index < -0.39 is 18.2 Å². The number of urea groups is 1. The fourth-order valence-electron chi connectivity index (χ4n) is 5.89. The van der Waals surface area contributed by atoms with Gasteiger partial charge in [0.05, 0.1) is 24.7 Å². The average molecular weight is 504 g/mol. The lowest BCUT2D eigenvalue weighted by atomic mass is 9.83. The topological polar surface area (TPSA) is 103 Å². The monoisotopic (exact) mass is 503 g/mol. The van der Waals surface area contributed by atoms with Gasteiger partial charge in [0.1, 0.15) is 23.7 Å². The van der Waals surface area contributed by atoms with Gasteiger partial charge in [0.25, 0.3) is 0 Å². The molecule has 3 aliphatic rings. The number of likely N-dealkylation sites (tertiary alicyclic amines) is 2. The maximum Gasteiger partial charge on any atom is 0.317 e. The van der Waals surface area contributed by atoms with Gasteiger partial charge in [-0.15, -0.1) is 0 Å². The van der Waals surface area contributed by atoms with Gasteiger partial charge >= 0.3 is 6.03 Å². The molecule has 4 rings (SSSR count). The Bertz CT molecular complexity index is 939. The van der Waals surface area contributed by atoms with Crippen molar-refractivity contribution in [3.8, 4) is 5.75 Å². The van der Waals surface area contributed by atoms with E-state index in [0.717, 1.165) is 32.1 Å². The molecule has 36 heavy (non-hydrogen) atoms. The number of benzene rings is 1. The van der Waals surface area contributed by atoms with Gasteiger partial charge in [-0.1, -0.05) is 19.3 Å². The summed E-state index contributed by atoms with van der Waals surface area (Å²) < 4.78 is 19.7. The number of fused-ring (bicyclic) bond motifs is 1. The van der Waals surface area contributed by atoms with Crippen molar-refractivity contribution in [2.75, 3.05) is 27.2 Å². The molecule has 3 fully saturated rings. The second kappa shape index (κ2) is 11.5. The molecule has 5 atom stereocenters. The SMILES string of the molecule is CNC(=O)N1CC(Oc2ccc(F)cc2)C2C1CCN2C(=O)C(NC(=O)C(C)NC)C1CCCCC1. The van der Waals surface area contributed by atoms with Crippen molar-refractivity contribution in [1.82, 2.24) is 25.8 Å². The van der Waals surface area contributed by atoms with E-state index in [4.69, 9.17) is 4.74 Å². The number of likely N-dealkylation sites (N-methyl/N-ethyl adjacent to an activating group) is 1. The van der Waals surface area contributed by atoms with Crippen LogP contribution in [0, 0.1) is 11.7 Å². The van der Waals surface area contributed by atoms with Gasteiger partial charge in [0, 0.05) is 13.6 Å². The Morgan fingerprint density at radius 1 is 1.03 bits per heavy atom. The lowest BCUT2D eigenvalue weighted by Crippen LogP contribution is -2.58. The third-order valence-corrected chi connectivity index (χ3v) is 7.95. The van der Waals surface area contributed by atoms with Crippen LogP contribution < -0.4 is 20.7 Å². The van der Waals surface area contributed by atoms with E-state index in [-0.39, 0.29) is 41.7 Å². The third-order valence-electron chi connectivity index (χ3n) is 7.95. The molecule has 0 bridgehead atoms. The number of ether oxygens (including phenoxy) is 1. The first kappa shape index (κ1) is 26.2. The van der Waals surface area contributed by atoms with E-state index in [1.54, 1.807) is 38.1 Å². The average Bonchev–Trinajstić information content (AvgIpc) is 3.49. The number of amides is 4. The predicted molar refractivity (Wildman–Crippen MR) is 133 cm³/mol. The predicted octanol–water partition coefficient (Wildman–Crippen LogP) is 1.87. The van der Waals surface area contributed by atoms with E-state index in [1.807, 2.05) is 4.90 Å². The van der Waals surface area contributed by atoms with Gasteiger partial charge in [-0.25, -0.2) is 9.18 Å². The highest BCUT2D eigenvalue weighted by Gasteiger charge is 2.54. The van der Waals surface area contributed by atoms with Crippen LogP contribution in [-0.4, -0.2) is 85.1 Å². The van der Waals surface area contributed by atoms with Gasteiger partial charge in [-0.2, -0.15) is 0 Å². The first-order chi connectivity index (χ1) is 17.3. The van der Waals surface area contributed by atoms with Gasteiger partial charge in [-0.05, 0) is 63.4 Å². The van der Waals surface area contributed by atoms with E-state index in [1.165, 1.54) is 12.1 Å². The maximum atomic E-state index is 14.1. The van der Waals surface area contributed by atoms with Crippen LogP contribution in [-0.2, 0) is 9.59 Å². The van der Waals surface area contributed by atoms with Crippen LogP contribution in [0.25, 0.3) is 0 Å². The molecule has 9 nitrogen and oxygen atoms in total. The lowest BCUT2D eigenvalue weighted by Gasteiger charge is -2.36. The van der Waals surface area contributed by atoms with Crippen molar-refractivity contribution in [2.24, 2.45) is 5.92 Å². The Balaban J connectivity index is 1.59. The minimum atomic E-state index is -0.618. The van der Waals surface area contributed by atoms with Crippen molar-refractivity contribution in [2.45, 2.75) is 75.7 Å². The van der Waals surface area contributed by atoms with Crippen molar-refractivity contribution >= 4 is 17.8 Å². The number of carbonyl (C=O) groups excluding carboxylic acids is 3. The summed E-state index contributed by atoms with van der Waals surface area (Å²) in [6.07, 6.45) is 5.17. The highest BCUT2D eigenvalue weighted by molar-refractivity contribution is 5.90. The Kier molecular flexibility index (Phi) is 8.33. The molecule has 2 aliphatic heterocycles. The zero-order valence-corrected chi connectivity index (χ0v) is 21.3. The fourth-order valence-corrected chi connectivity index (χ4v) is 5.89. The summed E-state index contributed by atoms with van der Waals surface area (Å²) in [6, 6.07) is 3.96. The molecule has 0 spiro atoms. The van der Waals surface area contributed by atoms with Crippen LogP contribution in [0.15, 0.2) is 24.3 Å². The zero-order valence-electron chi connectivity index (χ0n) is 21.3. The van der Waals surface area contributed by atoms with Crippen LogP contribution >= 0.6 is 0 Å². The molecule has 5 unspecified atom stereocenters. The summed E-state index contributed by atoms with van der Waals surface area (Å²) in [7, 11) is 3.30. The highest BCUT2D eigenvalue weighted by atomic mass is 19.1. The normalized spacial score (nSPS) is 25.7. The number of halogens is 1. The van der Waals surface area contributed by atoms with Crippen LogP contribution in [0.2, 0.25) is 0 Å². The number of nitrogens with one attached hydrogen (secondary N) is 3. The minimum absolute atomic E-state index is 0.0752. The number of nitrogens with zero attached hydrogens (tertiary/aromatic N) is 2. The molecular formula is C26H38FN5O4. The van der Waals surface area contributed by atoms with Gasteiger partial charge < -0.3 is 30.5 Å². The Morgan fingerprint density at radius 2 is 1.72 bits per heavy atom. The number of rotatable bonds is 7. The van der Waals surface area contributed by atoms with Crippen LogP contribution in [0.4, 0.5) is 9.18 Å². The van der Waals surface area contributed by atoms with Crippen LogP contribution in [0.3, 0.4) is 0 Å². The molecule has 0 aromatic heterocycles. The smallest absolute Gasteiger partial charge is 0.317 e. The second-order valence-corrected chi connectivity index (χ2v) is 10.1. The van der Waals surface area contributed by atoms with Crippen LogP contribution in [0.1, 0.15) is 45.4 Å². The molecule has 3 N–H and O–H groups in total. The fraction of sp³-hybridized carbons (Fsp3) is 0.654. The minimum Gasteiger partial charge on any atom is -0.486 e. The van der Waals surface area contributed by atoms with Crippen molar-refractivity contribution < 1.29 is 23.5 Å². The molecule has 4 amide bonds. The van der Waals surface area contributed by atoms with E-state index >= 15 is 0 Å². The molecule has 10 heteroatoms. The van der Waals surface area contributed by atoms with Crippen LogP contribution in [0.5, 0.6) is 5.75 Å². The zero-order chi connectivity index (χ0) is 25.8. The molecule has 198 valence electrons. The molecule has 1 aromatic carbocycles. The molecule has 1 saturated carbocycles. The Hall–Kier alpha value is -2.88. The van der Waals surface area contributed by atoms with Gasteiger partial charge in [-0.3, -0.25) is 9.59 Å². The van der Waals surface area contributed by atoms with Gasteiger partial charge in [0.2, 0.25) is 11.8 Å². The first-order valence-electron chi connectivity index (χ1n) is 13.0. The number of hydrogen-bond acceptors (Lipinski definition) is 5. The largest absolute Gasteiger partial charge is 0.486 e. The van der Waals surface area contributed by atoms with Crippen molar-refractivity contribution in [3.05, 3.63) is 30.1 Å². The molecule has 1 aromatic rings. The van der Waals surface area contributed by atoms with E-state index in [9.17, 15) is 18.8 Å².